The Hall–Kier alpha value is -1.69. The third-order valence-electron chi connectivity index (χ3n) is 5.40. The van der Waals surface area contributed by atoms with Gasteiger partial charge in [0, 0.05) is 30.4 Å². The summed E-state index contributed by atoms with van der Waals surface area (Å²) in [5, 5.41) is 0.706. The molecule has 1 amide bonds. The molecular weight excluding hydrogens is 334 g/mol. The monoisotopic (exact) mass is 361 g/mol. The standard InChI is InChI=1S/C19H27N3O2S/c1-4-22(15-8-6-5-7-9-15)16(23)10-11-21-12-20-18-17(19(21)24)13(2)14(3)25-18/h12,15H,4-11H2,1-3H3. The largest absolute Gasteiger partial charge is 0.340 e. The molecule has 0 aliphatic heterocycles. The van der Waals surface area contributed by atoms with Gasteiger partial charge < -0.3 is 4.90 Å². The van der Waals surface area contributed by atoms with Gasteiger partial charge in [-0.1, -0.05) is 19.3 Å². The first-order valence-electron chi connectivity index (χ1n) is 9.27. The van der Waals surface area contributed by atoms with Crippen molar-refractivity contribution in [3.63, 3.8) is 0 Å². The SMILES string of the molecule is CCN(C(=O)CCn1cnc2sc(C)c(C)c2c1=O)C1CCCCC1. The lowest BCUT2D eigenvalue weighted by Crippen LogP contribution is -2.41. The Labute approximate surface area is 152 Å². The molecule has 0 spiro atoms. The highest BCUT2D eigenvalue weighted by Crippen LogP contribution is 2.26. The summed E-state index contributed by atoms with van der Waals surface area (Å²) in [6.45, 7) is 7.17. The quantitative estimate of drug-likeness (QED) is 0.817. The van der Waals surface area contributed by atoms with Gasteiger partial charge in [-0.15, -0.1) is 11.3 Å². The summed E-state index contributed by atoms with van der Waals surface area (Å²) >= 11 is 1.55. The van der Waals surface area contributed by atoms with Crippen LogP contribution in [-0.4, -0.2) is 32.9 Å². The number of hydrogen-bond donors (Lipinski definition) is 0. The first-order chi connectivity index (χ1) is 12.0. The third kappa shape index (κ3) is 3.64. The van der Waals surface area contributed by atoms with Crippen molar-refractivity contribution >= 4 is 27.5 Å². The molecular formula is C19H27N3O2S. The Morgan fingerprint density at radius 1 is 1.32 bits per heavy atom. The van der Waals surface area contributed by atoms with Gasteiger partial charge in [-0.3, -0.25) is 14.2 Å². The molecule has 2 heterocycles. The summed E-state index contributed by atoms with van der Waals surface area (Å²) in [5.74, 6) is 0.152. The van der Waals surface area contributed by atoms with E-state index in [2.05, 4.69) is 4.98 Å². The summed E-state index contributed by atoms with van der Waals surface area (Å²) in [5.41, 5.74) is 0.982. The molecule has 1 aliphatic rings. The molecule has 0 N–H and O–H groups in total. The number of aromatic nitrogens is 2. The van der Waals surface area contributed by atoms with Crippen LogP contribution in [0, 0.1) is 13.8 Å². The lowest BCUT2D eigenvalue weighted by molar-refractivity contribution is -0.134. The first-order valence-corrected chi connectivity index (χ1v) is 10.1. The van der Waals surface area contributed by atoms with E-state index in [0.717, 1.165) is 34.7 Å². The van der Waals surface area contributed by atoms with Crippen LogP contribution in [-0.2, 0) is 11.3 Å². The molecule has 6 heteroatoms. The highest BCUT2D eigenvalue weighted by atomic mass is 32.1. The molecule has 0 radical (unpaired) electrons. The average Bonchev–Trinajstić information content (AvgIpc) is 2.91. The molecule has 0 unspecified atom stereocenters. The van der Waals surface area contributed by atoms with Crippen LogP contribution in [0.2, 0.25) is 0 Å². The van der Waals surface area contributed by atoms with Crippen LogP contribution in [0.25, 0.3) is 10.2 Å². The van der Waals surface area contributed by atoms with Crippen LogP contribution in [0.4, 0.5) is 0 Å². The number of thiophene rings is 1. The molecule has 0 bridgehead atoms. The van der Waals surface area contributed by atoms with Gasteiger partial charge in [0.15, 0.2) is 0 Å². The summed E-state index contributed by atoms with van der Waals surface area (Å²) in [4.78, 5) is 33.7. The van der Waals surface area contributed by atoms with Gasteiger partial charge in [0.1, 0.15) is 4.83 Å². The topological polar surface area (TPSA) is 55.2 Å². The van der Waals surface area contributed by atoms with Gasteiger partial charge >= 0.3 is 0 Å². The van der Waals surface area contributed by atoms with Gasteiger partial charge in [-0.25, -0.2) is 4.98 Å². The number of rotatable bonds is 5. The number of nitrogens with zero attached hydrogens (tertiary/aromatic N) is 3. The summed E-state index contributed by atoms with van der Waals surface area (Å²) in [7, 11) is 0. The van der Waals surface area contributed by atoms with Gasteiger partial charge in [-0.2, -0.15) is 0 Å². The fourth-order valence-electron chi connectivity index (χ4n) is 3.82. The van der Waals surface area contributed by atoms with Crippen LogP contribution in [0.5, 0.6) is 0 Å². The molecule has 136 valence electrons. The minimum absolute atomic E-state index is 0.0274. The van der Waals surface area contributed by atoms with Crippen molar-refractivity contribution in [2.45, 2.75) is 71.9 Å². The Kier molecular flexibility index (Phi) is 5.57. The molecule has 1 saturated carbocycles. The van der Waals surface area contributed by atoms with Crippen molar-refractivity contribution in [1.82, 2.24) is 14.5 Å². The second-order valence-electron chi connectivity index (χ2n) is 6.93. The fourth-order valence-corrected chi connectivity index (χ4v) is 4.81. The zero-order valence-electron chi connectivity index (χ0n) is 15.4. The third-order valence-corrected chi connectivity index (χ3v) is 6.51. The van der Waals surface area contributed by atoms with E-state index in [1.54, 1.807) is 22.2 Å². The minimum atomic E-state index is -0.0274. The zero-order chi connectivity index (χ0) is 18.0. The van der Waals surface area contributed by atoms with Crippen LogP contribution < -0.4 is 5.56 Å². The molecule has 2 aromatic rings. The maximum Gasteiger partial charge on any atom is 0.262 e. The van der Waals surface area contributed by atoms with E-state index in [4.69, 9.17) is 0 Å². The number of carbonyl (C=O) groups is 1. The van der Waals surface area contributed by atoms with Crippen molar-refractivity contribution in [3.05, 3.63) is 27.1 Å². The van der Waals surface area contributed by atoms with Crippen LogP contribution in [0.3, 0.4) is 0 Å². The minimum Gasteiger partial charge on any atom is -0.340 e. The molecule has 3 rings (SSSR count). The Morgan fingerprint density at radius 3 is 2.72 bits per heavy atom. The van der Waals surface area contributed by atoms with Crippen LogP contribution in [0.1, 0.15) is 55.9 Å². The lowest BCUT2D eigenvalue weighted by atomic mass is 9.94. The number of amides is 1. The lowest BCUT2D eigenvalue weighted by Gasteiger charge is -2.33. The van der Waals surface area contributed by atoms with Crippen molar-refractivity contribution < 1.29 is 4.79 Å². The molecule has 0 saturated heterocycles. The fraction of sp³-hybridized carbons (Fsp3) is 0.632. The zero-order valence-corrected chi connectivity index (χ0v) is 16.2. The van der Waals surface area contributed by atoms with E-state index in [-0.39, 0.29) is 11.5 Å². The van der Waals surface area contributed by atoms with Crippen molar-refractivity contribution in [3.8, 4) is 0 Å². The molecule has 1 fully saturated rings. The smallest absolute Gasteiger partial charge is 0.262 e. The highest BCUT2D eigenvalue weighted by Gasteiger charge is 2.24. The maximum absolute atomic E-state index is 12.7. The van der Waals surface area contributed by atoms with E-state index in [9.17, 15) is 9.59 Å². The number of fused-ring (bicyclic) bond motifs is 1. The predicted molar refractivity (Wildman–Crippen MR) is 102 cm³/mol. The highest BCUT2D eigenvalue weighted by molar-refractivity contribution is 7.18. The van der Waals surface area contributed by atoms with Crippen molar-refractivity contribution in [1.29, 1.82) is 0 Å². The van der Waals surface area contributed by atoms with Gasteiger partial charge in [0.25, 0.3) is 5.56 Å². The number of hydrogen-bond acceptors (Lipinski definition) is 4. The second kappa shape index (κ2) is 7.68. The van der Waals surface area contributed by atoms with E-state index < -0.39 is 0 Å². The predicted octanol–water partition coefficient (Wildman–Crippen LogP) is 3.65. The van der Waals surface area contributed by atoms with Gasteiger partial charge in [0.2, 0.25) is 5.91 Å². The number of carbonyl (C=O) groups excluding carboxylic acids is 1. The Balaban J connectivity index is 1.73. The van der Waals surface area contributed by atoms with E-state index in [0.29, 0.717) is 24.4 Å². The van der Waals surface area contributed by atoms with Crippen LogP contribution in [0.15, 0.2) is 11.1 Å². The van der Waals surface area contributed by atoms with Crippen molar-refractivity contribution in [2.75, 3.05) is 6.54 Å². The van der Waals surface area contributed by atoms with E-state index in [1.807, 2.05) is 25.7 Å². The molecule has 5 nitrogen and oxygen atoms in total. The molecule has 1 aliphatic carbocycles. The first kappa shape index (κ1) is 18.1. The molecule has 25 heavy (non-hydrogen) atoms. The second-order valence-corrected chi connectivity index (χ2v) is 8.13. The molecule has 2 aromatic heterocycles. The van der Waals surface area contributed by atoms with Crippen LogP contribution >= 0.6 is 11.3 Å². The Bertz CT molecular complexity index is 818. The molecule has 0 atom stereocenters. The van der Waals surface area contributed by atoms with Crippen molar-refractivity contribution in [2.24, 2.45) is 0 Å². The van der Waals surface area contributed by atoms with Gasteiger partial charge in [-0.05, 0) is 39.2 Å². The summed E-state index contributed by atoms with van der Waals surface area (Å²) < 4.78 is 1.59. The van der Waals surface area contributed by atoms with E-state index >= 15 is 0 Å². The summed E-state index contributed by atoms with van der Waals surface area (Å²) in [6, 6.07) is 0.380. The Morgan fingerprint density at radius 2 is 2.04 bits per heavy atom. The number of aryl methyl sites for hydroxylation is 3. The van der Waals surface area contributed by atoms with E-state index in [1.165, 1.54) is 19.3 Å². The average molecular weight is 362 g/mol. The van der Waals surface area contributed by atoms with Gasteiger partial charge in [0.05, 0.1) is 11.7 Å². The normalized spacial score (nSPS) is 15.6. The summed E-state index contributed by atoms with van der Waals surface area (Å²) in [6.07, 6.45) is 7.88. The maximum atomic E-state index is 12.7. The molecule has 0 aromatic carbocycles.